The van der Waals surface area contributed by atoms with Gasteiger partial charge in [0.2, 0.25) is 0 Å². The van der Waals surface area contributed by atoms with Gasteiger partial charge in [-0.15, -0.1) is 0 Å². The van der Waals surface area contributed by atoms with Gasteiger partial charge in [-0.25, -0.2) is 0 Å². The van der Waals surface area contributed by atoms with Crippen LogP contribution in [-0.4, -0.2) is 25.6 Å². The van der Waals surface area contributed by atoms with Gasteiger partial charge in [0, 0.05) is 18.8 Å². The van der Waals surface area contributed by atoms with Crippen LogP contribution in [0.3, 0.4) is 0 Å². The standard InChI is InChI=1S/C17H22N2O/c1-19(10-9-14-5-3-7-16(18)11-14)13-15-6-4-8-17(12-15)20-2/h3-8,11-12H,9-10,13,18H2,1-2H3. The number of ether oxygens (including phenoxy) is 1. The third-order valence-corrected chi connectivity index (χ3v) is 3.32. The Kier molecular flexibility index (Phi) is 5.02. The number of nitrogens with zero attached hydrogens (tertiary/aromatic N) is 1. The summed E-state index contributed by atoms with van der Waals surface area (Å²) in [4.78, 5) is 2.30. The highest BCUT2D eigenvalue weighted by atomic mass is 16.5. The van der Waals surface area contributed by atoms with Crippen molar-refractivity contribution >= 4 is 5.69 Å². The fourth-order valence-corrected chi connectivity index (χ4v) is 2.23. The van der Waals surface area contributed by atoms with Gasteiger partial charge in [-0.3, -0.25) is 0 Å². The SMILES string of the molecule is COc1cccc(CN(C)CCc2cccc(N)c2)c1. The maximum absolute atomic E-state index is 5.79. The minimum atomic E-state index is 0.831. The number of nitrogens with two attached hydrogens (primary N) is 1. The third kappa shape index (κ3) is 4.28. The van der Waals surface area contributed by atoms with E-state index in [1.165, 1.54) is 11.1 Å². The number of hydrogen-bond acceptors (Lipinski definition) is 3. The second kappa shape index (κ2) is 6.96. The summed E-state index contributed by atoms with van der Waals surface area (Å²) in [6.07, 6.45) is 1.01. The molecule has 0 aromatic heterocycles. The van der Waals surface area contributed by atoms with E-state index in [9.17, 15) is 0 Å². The highest BCUT2D eigenvalue weighted by molar-refractivity contribution is 5.40. The van der Waals surface area contributed by atoms with E-state index < -0.39 is 0 Å². The van der Waals surface area contributed by atoms with Gasteiger partial charge in [-0.2, -0.15) is 0 Å². The minimum Gasteiger partial charge on any atom is -0.497 e. The molecular formula is C17H22N2O. The molecule has 0 bridgehead atoms. The van der Waals surface area contributed by atoms with E-state index in [0.717, 1.165) is 30.9 Å². The Bertz CT molecular complexity index is 554. The summed E-state index contributed by atoms with van der Waals surface area (Å²) in [5.74, 6) is 0.909. The Hall–Kier alpha value is -2.00. The van der Waals surface area contributed by atoms with Crippen molar-refractivity contribution in [2.45, 2.75) is 13.0 Å². The molecule has 2 rings (SSSR count). The van der Waals surface area contributed by atoms with Crippen LogP contribution in [0.2, 0.25) is 0 Å². The summed E-state index contributed by atoms with van der Waals surface area (Å²) in [6.45, 7) is 1.92. The van der Waals surface area contributed by atoms with Gasteiger partial charge in [0.15, 0.2) is 0 Å². The van der Waals surface area contributed by atoms with Crippen LogP contribution in [0.5, 0.6) is 5.75 Å². The first-order valence-electron chi connectivity index (χ1n) is 6.83. The molecule has 2 aromatic rings. The Labute approximate surface area is 121 Å². The van der Waals surface area contributed by atoms with Crippen LogP contribution in [0.15, 0.2) is 48.5 Å². The molecule has 0 aliphatic rings. The molecule has 3 nitrogen and oxygen atoms in total. The predicted molar refractivity (Wildman–Crippen MR) is 83.9 cm³/mol. The van der Waals surface area contributed by atoms with Crippen LogP contribution in [0.1, 0.15) is 11.1 Å². The maximum Gasteiger partial charge on any atom is 0.119 e. The van der Waals surface area contributed by atoms with E-state index in [4.69, 9.17) is 10.5 Å². The molecule has 0 aliphatic heterocycles. The van der Waals surface area contributed by atoms with Crippen LogP contribution in [0.25, 0.3) is 0 Å². The third-order valence-electron chi connectivity index (χ3n) is 3.32. The molecule has 106 valence electrons. The molecule has 0 amide bonds. The van der Waals surface area contributed by atoms with Crippen molar-refractivity contribution in [3.63, 3.8) is 0 Å². The highest BCUT2D eigenvalue weighted by Crippen LogP contribution is 2.14. The van der Waals surface area contributed by atoms with Crippen molar-refractivity contribution < 1.29 is 4.74 Å². The van der Waals surface area contributed by atoms with Gasteiger partial charge in [0.1, 0.15) is 5.75 Å². The first-order chi connectivity index (χ1) is 9.67. The summed E-state index contributed by atoms with van der Waals surface area (Å²) >= 11 is 0. The fraction of sp³-hybridized carbons (Fsp3) is 0.294. The first kappa shape index (κ1) is 14.4. The number of hydrogen-bond donors (Lipinski definition) is 1. The number of anilines is 1. The zero-order chi connectivity index (χ0) is 14.4. The Balaban J connectivity index is 1.87. The lowest BCUT2D eigenvalue weighted by Gasteiger charge is -2.17. The average molecular weight is 270 g/mol. The molecule has 0 aliphatic carbocycles. The number of rotatable bonds is 6. The van der Waals surface area contributed by atoms with Crippen molar-refractivity contribution in [3.8, 4) is 5.75 Å². The zero-order valence-corrected chi connectivity index (χ0v) is 12.2. The normalized spacial score (nSPS) is 10.8. The smallest absolute Gasteiger partial charge is 0.119 e. The van der Waals surface area contributed by atoms with Crippen molar-refractivity contribution in [1.82, 2.24) is 4.90 Å². The van der Waals surface area contributed by atoms with Gasteiger partial charge < -0.3 is 15.4 Å². The van der Waals surface area contributed by atoms with Gasteiger partial charge in [0.25, 0.3) is 0 Å². The Morgan fingerprint density at radius 3 is 2.55 bits per heavy atom. The molecule has 0 atom stereocenters. The van der Waals surface area contributed by atoms with E-state index >= 15 is 0 Å². The van der Waals surface area contributed by atoms with Crippen LogP contribution >= 0.6 is 0 Å². The van der Waals surface area contributed by atoms with Crippen molar-refractivity contribution in [3.05, 3.63) is 59.7 Å². The van der Waals surface area contributed by atoms with E-state index in [2.05, 4.69) is 30.1 Å². The van der Waals surface area contributed by atoms with Gasteiger partial charge in [-0.1, -0.05) is 24.3 Å². The maximum atomic E-state index is 5.79. The Morgan fingerprint density at radius 1 is 1.05 bits per heavy atom. The molecule has 0 saturated carbocycles. The predicted octanol–water partition coefficient (Wildman–Crippen LogP) is 2.95. The molecular weight excluding hydrogens is 248 g/mol. The molecule has 0 radical (unpaired) electrons. The topological polar surface area (TPSA) is 38.5 Å². The molecule has 2 aromatic carbocycles. The van der Waals surface area contributed by atoms with Crippen molar-refractivity contribution in [2.24, 2.45) is 0 Å². The fourth-order valence-electron chi connectivity index (χ4n) is 2.23. The highest BCUT2D eigenvalue weighted by Gasteiger charge is 2.02. The lowest BCUT2D eigenvalue weighted by molar-refractivity contribution is 0.330. The largest absolute Gasteiger partial charge is 0.497 e. The number of methoxy groups -OCH3 is 1. The summed E-state index contributed by atoms with van der Waals surface area (Å²) < 4.78 is 5.25. The number of nitrogen functional groups attached to an aromatic ring is 1. The monoisotopic (exact) mass is 270 g/mol. The molecule has 20 heavy (non-hydrogen) atoms. The van der Waals surface area contributed by atoms with Gasteiger partial charge in [0.05, 0.1) is 7.11 Å². The summed E-state index contributed by atoms with van der Waals surface area (Å²) in [5.41, 5.74) is 9.17. The van der Waals surface area contributed by atoms with Crippen molar-refractivity contribution in [1.29, 1.82) is 0 Å². The van der Waals surface area contributed by atoms with Crippen LogP contribution < -0.4 is 10.5 Å². The first-order valence-corrected chi connectivity index (χ1v) is 6.83. The number of benzene rings is 2. The van der Waals surface area contributed by atoms with E-state index in [0.29, 0.717) is 0 Å². The summed E-state index contributed by atoms with van der Waals surface area (Å²) in [7, 11) is 3.83. The van der Waals surface area contributed by atoms with Crippen LogP contribution in [0, 0.1) is 0 Å². The molecule has 0 unspecified atom stereocenters. The minimum absolute atomic E-state index is 0.831. The second-order valence-corrected chi connectivity index (χ2v) is 5.08. The van der Waals surface area contributed by atoms with E-state index in [-0.39, 0.29) is 0 Å². The Morgan fingerprint density at radius 2 is 1.80 bits per heavy atom. The van der Waals surface area contributed by atoms with Crippen molar-refractivity contribution in [2.75, 3.05) is 26.4 Å². The average Bonchev–Trinajstić information content (AvgIpc) is 2.45. The zero-order valence-electron chi connectivity index (χ0n) is 12.2. The quantitative estimate of drug-likeness (QED) is 0.820. The second-order valence-electron chi connectivity index (χ2n) is 5.08. The van der Waals surface area contributed by atoms with Crippen LogP contribution in [0.4, 0.5) is 5.69 Å². The van der Waals surface area contributed by atoms with E-state index in [1.807, 2.05) is 30.3 Å². The van der Waals surface area contributed by atoms with Crippen LogP contribution in [-0.2, 0) is 13.0 Å². The lowest BCUT2D eigenvalue weighted by atomic mass is 10.1. The molecule has 0 fully saturated rings. The molecule has 0 heterocycles. The van der Waals surface area contributed by atoms with Gasteiger partial charge >= 0.3 is 0 Å². The number of likely N-dealkylation sites (N-methyl/N-ethyl adjacent to an activating group) is 1. The molecule has 0 saturated heterocycles. The summed E-state index contributed by atoms with van der Waals surface area (Å²) in [6, 6.07) is 16.3. The molecule has 3 heteroatoms. The van der Waals surface area contributed by atoms with Gasteiger partial charge in [-0.05, 0) is 48.9 Å². The molecule has 2 N–H and O–H groups in total. The molecule has 0 spiro atoms. The lowest BCUT2D eigenvalue weighted by Crippen LogP contribution is -2.20. The van der Waals surface area contributed by atoms with E-state index in [1.54, 1.807) is 7.11 Å². The summed E-state index contributed by atoms with van der Waals surface area (Å²) in [5, 5.41) is 0.